The molecule has 17 heavy (non-hydrogen) atoms. The fraction of sp³-hybridized carbons (Fsp3) is 0.643. The maximum atomic E-state index is 4.54. The third-order valence-electron chi connectivity index (χ3n) is 3.61. The number of pyridine rings is 1. The Hall–Kier alpha value is -0.700. The van der Waals surface area contributed by atoms with Crippen LogP contribution in [0.25, 0.3) is 0 Å². The predicted molar refractivity (Wildman–Crippen MR) is 76.6 cm³/mol. The Morgan fingerprint density at radius 3 is 2.65 bits per heavy atom. The van der Waals surface area contributed by atoms with Gasteiger partial charge < -0.3 is 4.90 Å². The first kappa shape index (κ1) is 12.7. The number of aromatic nitrogens is 1. The van der Waals surface area contributed by atoms with Crippen molar-refractivity contribution >= 4 is 17.6 Å². The first-order valence-electron chi connectivity index (χ1n) is 6.55. The largest absolute Gasteiger partial charge is 0.342 e. The molecule has 1 unspecified atom stereocenters. The zero-order valence-electron chi connectivity index (χ0n) is 10.8. The van der Waals surface area contributed by atoms with Crippen molar-refractivity contribution in [1.82, 2.24) is 4.98 Å². The van der Waals surface area contributed by atoms with Gasteiger partial charge in [-0.05, 0) is 38.2 Å². The fourth-order valence-electron chi connectivity index (χ4n) is 2.65. The second kappa shape index (κ2) is 6.29. The van der Waals surface area contributed by atoms with Crippen LogP contribution in [0.4, 0.5) is 5.82 Å². The van der Waals surface area contributed by atoms with Gasteiger partial charge in [-0.3, -0.25) is 0 Å². The zero-order chi connectivity index (χ0) is 12.1. The molecule has 2 nitrogen and oxygen atoms in total. The normalized spacial score (nSPS) is 18.9. The lowest BCUT2D eigenvalue weighted by molar-refractivity contribution is 0.411. The summed E-state index contributed by atoms with van der Waals surface area (Å²) < 4.78 is 0. The minimum absolute atomic E-state index is 0.507. The SMILES string of the molecule is CSC(C)N(c1ccccn1)C1CCCCC1. The highest BCUT2D eigenvalue weighted by Crippen LogP contribution is 2.30. The summed E-state index contributed by atoms with van der Waals surface area (Å²) in [4.78, 5) is 7.05. The van der Waals surface area contributed by atoms with Gasteiger partial charge in [0.2, 0.25) is 0 Å². The molecule has 1 saturated carbocycles. The molecule has 0 amide bonds. The van der Waals surface area contributed by atoms with Gasteiger partial charge in [-0.2, -0.15) is 0 Å². The van der Waals surface area contributed by atoms with Crippen molar-refractivity contribution < 1.29 is 0 Å². The molecule has 0 saturated heterocycles. The van der Waals surface area contributed by atoms with Gasteiger partial charge in [0.1, 0.15) is 5.82 Å². The molecule has 1 aliphatic rings. The summed E-state index contributed by atoms with van der Waals surface area (Å²) in [6, 6.07) is 6.90. The number of thioether (sulfide) groups is 1. The summed E-state index contributed by atoms with van der Waals surface area (Å²) in [7, 11) is 0. The highest BCUT2D eigenvalue weighted by Gasteiger charge is 2.25. The number of anilines is 1. The van der Waals surface area contributed by atoms with E-state index in [9.17, 15) is 0 Å². The molecule has 1 heterocycles. The van der Waals surface area contributed by atoms with Crippen LogP contribution < -0.4 is 4.90 Å². The maximum Gasteiger partial charge on any atom is 0.129 e. The second-order valence-electron chi connectivity index (χ2n) is 4.72. The summed E-state index contributed by atoms with van der Waals surface area (Å²) in [5.74, 6) is 1.14. The van der Waals surface area contributed by atoms with E-state index in [1.165, 1.54) is 32.1 Å². The van der Waals surface area contributed by atoms with E-state index in [1.54, 1.807) is 0 Å². The van der Waals surface area contributed by atoms with Gasteiger partial charge in [-0.15, -0.1) is 11.8 Å². The van der Waals surface area contributed by atoms with Crippen LogP contribution in [0.3, 0.4) is 0 Å². The standard InChI is InChI=1S/C14H22N2S/c1-12(17-2)16(13-8-4-3-5-9-13)14-10-6-7-11-15-14/h6-7,10-13H,3-5,8-9H2,1-2H3. The molecule has 0 aromatic carbocycles. The monoisotopic (exact) mass is 250 g/mol. The molecule has 0 N–H and O–H groups in total. The molecule has 1 aliphatic carbocycles. The van der Waals surface area contributed by atoms with Gasteiger partial charge in [-0.25, -0.2) is 4.98 Å². The van der Waals surface area contributed by atoms with E-state index in [1.807, 2.05) is 24.0 Å². The van der Waals surface area contributed by atoms with Gasteiger partial charge in [0.25, 0.3) is 0 Å². The fourth-order valence-corrected chi connectivity index (χ4v) is 3.16. The van der Waals surface area contributed by atoms with Gasteiger partial charge >= 0.3 is 0 Å². The minimum Gasteiger partial charge on any atom is -0.342 e. The molecule has 3 heteroatoms. The molecule has 1 aromatic rings. The molecule has 2 rings (SSSR count). The highest BCUT2D eigenvalue weighted by molar-refractivity contribution is 7.99. The van der Waals surface area contributed by atoms with Crippen LogP contribution >= 0.6 is 11.8 Å². The summed E-state index contributed by atoms with van der Waals surface area (Å²) in [5.41, 5.74) is 0. The lowest BCUT2D eigenvalue weighted by atomic mass is 9.94. The van der Waals surface area contributed by atoms with E-state index in [-0.39, 0.29) is 0 Å². The molecule has 1 aromatic heterocycles. The molecule has 0 spiro atoms. The second-order valence-corrected chi connectivity index (χ2v) is 5.88. The lowest BCUT2D eigenvalue weighted by Gasteiger charge is -2.38. The van der Waals surface area contributed by atoms with Crippen molar-refractivity contribution in [3.8, 4) is 0 Å². The molecule has 1 fully saturated rings. The van der Waals surface area contributed by atoms with Gasteiger partial charge in [0, 0.05) is 12.2 Å². The number of hydrogen-bond acceptors (Lipinski definition) is 3. The van der Waals surface area contributed by atoms with Crippen molar-refractivity contribution in [3.63, 3.8) is 0 Å². The average Bonchev–Trinajstić information content (AvgIpc) is 2.41. The average molecular weight is 250 g/mol. The van der Waals surface area contributed by atoms with Gasteiger partial charge in [-0.1, -0.05) is 25.3 Å². The first-order chi connectivity index (χ1) is 8.33. The van der Waals surface area contributed by atoms with Crippen LogP contribution in [0.1, 0.15) is 39.0 Å². The third-order valence-corrected chi connectivity index (χ3v) is 4.52. The van der Waals surface area contributed by atoms with E-state index in [0.717, 1.165) is 5.82 Å². The minimum atomic E-state index is 0.507. The van der Waals surface area contributed by atoms with Crippen molar-refractivity contribution in [2.75, 3.05) is 11.2 Å². The van der Waals surface area contributed by atoms with E-state index in [2.05, 4.69) is 35.2 Å². The van der Waals surface area contributed by atoms with Crippen molar-refractivity contribution in [2.24, 2.45) is 0 Å². The van der Waals surface area contributed by atoms with Crippen LogP contribution in [-0.2, 0) is 0 Å². The van der Waals surface area contributed by atoms with E-state index >= 15 is 0 Å². The smallest absolute Gasteiger partial charge is 0.129 e. The van der Waals surface area contributed by atoms with E-state index in [4.69, 9.17) is 0 Å². The van der Waals surface area contributed by atoms with Crippen molar-refractivity contribution in [3.05, 3.63) is 24.4 Å². The summed E-state index contributed by atoms with van der Waals surface area (Å²) in [6.07, 6.45) is 10.9. The zero-order valence-corrected chi connectivity index (χ0v) is 11.6. The predicted octanol–water partition coefficient (Wildman–Crippen LogP) is 3.93. The van der Waals surface area contributed by atoms with Gasteiger partial charge in [0.15, 0.2) is 0 Å². The van der Waals surface area contributed by atoms with Crippen LogP contribution in [0.15, 0.2) is 24.4 Å². The Balaban J connectivity index is 2.18. The number of nitrogens with zero attached hydrogens (tertiary/aromatic N) is 2. The Bertz CT molecular complexity index is 322. The summed E-state index contributed by atoms with van der Waals surface area (Å²) in [6.45, 7) is 2.29. The molecule has 0 aliphatic heterocycles. The Labute approximate surface area is 109 Å². The number of hydrogen-bond donors (Lipinski definition) is 0. The Morgan fingerprint density at radius 1 is 1.29 bits per heavy atom. The highest BCUT2D eigenvalue weighted by atomic mass is 32.2. The summed E-state index contributed by atoms with van der Waals surface area (Å²) in [5, 5.41) is 0.507. The Kier molecular flexibility index (Phi) is 4.72. The lowest BCUT2D eigenvalue weighted by Crippen LogP contribution is -2.42. The maximum absolute atomic E-state index is 4.54. The van der Waals surface area contributed by atoms with Crippen LogP contribution in [-0.4, -0.2) is 22.7 Å². The Morgan fingerprint density at radius 2 is 2.06 bits per heavy atom. The molecule has 94 valence electrons. The van der Waals surface area contributed by atoms with Gasteiger partial charge in [0.05, 0.1) is 5.37 Å². The third kappa shape index (κ3) is 3.15. The molecular weight excluding hydrogens is 228 g/mol. The van der Waals surface area contributed by atoms with E-state index < -0.39 is 0 Å². The molecule has 1 atom stereocenters. The molecular formula is C14H22N2S. The van der Waals surface area contributed by atoms with Crippen LogP contribution in [0, 0.1) is 0 Å². The number of rotatable bonds is 4. The first-order valence-corrected chi connectivity index (χ1v) is 7.84. The van der Waals surface area contributed by atoms with Crippen molar-refractivity contribution in [1.29, 1.82) is 0 Å². The van der Waals surface area contributed by atoms with Crippen LogP contribution in [0.5, 0.6) is 0 Å². The quantitative estimate of drug-likeness (QED) is 0.753. The molecule has 0 bridgehead atoms. The van der Waals surface area contributed by atoms with Crippen molar-refractivity contribution in [2.45, 2.75) is 50.4 Å². The molecule has 0 radical (unpaired) electrons. The van der Waals surface area contributed by atoms with Crippen LogP contribution in [0.2, 0.25) is 0 Å². The summed E-state index contributed by atoms with van der Waals surface area (Å²) >= 11 is 1.91. The van der Waals surface area contributed by atoms with E-state index in [0.29, 0.717) is 11.4 Å². The topological polar surface area (TPSA) is 16.1 Å².